The van der Waals surface area contributed by atoms with E-state index in [0.717, 1.165) is 0 Å². The maximum atomic E-state index is 12.7. The fraction of sp³-hybridized carbons (Fsp3) is 0.333. The fourth-order valence-electron chi connectivity index (χ4n) is 1.27. The van der Waals surface area contributed by atoms with Gasteiger partial charge in [-0.25, -0.2) is 13.6 Å². The minimum absolute atomic E-state index is 0.158. The van der Waals surface area contributed by atoms with Gasteiger partial charge in [0.15, 0.2) is 17.5 Å². The van der Waals surface area contributed by atoms with Gasteiger partial charge in [0.05, 0.1) is 12.2 Å². The minimum Gasteiger partial charge on any atom is -0.504 e. The Morgan fingerprint density at radius 3 is 2.72 bits per heavy atom. The average Bonchev–Trinajstić information content (AvgIpc) is 2.27. The summed E-state index contributed by atoms with van der Waals surface area (Å²) >= 11 is 0. The van der Waals surface area contributed by atoms with Gasteiger partial charge in [0.1, 0.15) is 0 Å². The SMILES string of the molecule is CCOC(=O)c1c([N+](=O)[O-])ncc(O)c1C(F)F. The monoisotopic (exact) mass is 262 g/mol. The van der Waals surface area contributed by atoms with E-state index < -0.39 is 40.0 Å². The number of hydrogen-bond donors (Lipinski definition) is 1. The summed E-state index contributed by atoms with van der Waals surface area (Å²) < 4.78 is 29.9. The smallest absolute Gasteiger partial charge is 0.378 e. The molecule has 0 saturated heterocycles. The zero-order chi connectivity index (χ0) is 13.9. The first-order valence-electron chi connectivity index (χ1n) is 4.71. The standard InChI is InChI=1S/C9H8F2N2O5/c1-2-18-9(15)6-5(7(10)11)4(14)3-12-8(6)13(16)17/h3,7,14H,2H2,1H3. The molecular formula is C9H8F2N2O5. The molecule has 0 aliphatic carbocycles. The van der Waals surface area contributed by atoms with Gasteiger partial charge in [-0.2, -0.15) is 0 Å². The molecule has 7 nitrogen and oxygen atoms in total. The van der Waals surface area contributed by atoms with Crippen LogP contribution in [-0.4, -0.2) is 27.6 Å². The maximum absolute atomic E-state index is 12.7. The van der Waals surface area contributed by atoms with Crippen molar-refractivity contribution in [3.8, 4) is 5.75 Å². The van der Waals surface area contributed by atoms with Crippen molar-refractivity contribution in [2.24, 2.45) is 0 Å². The van der Waals surface area contributed by atoms with E-state index in [1.165, 1.54) is 6.92 Å². The molecule has 1 aromatic rings. The van der Waals surface area contributed by atoms with E-state index >= 15 is 0 Å². The van der Waals surface area contributed by atoms with Crippen LogP contribution in [0.3, 0.4) is 0 Å². The molecule has 1 N–H and O–H groups in total. The number of esters is 1. The number of carbonyl (C=O) groups excluding carboxylic acids is 1. The molecule has 0 unspecified atom stereocenters. The highest BCUT2D eigenvalue weighted by Gasteiger charge is 2.33. The lowest BCUT2D eigenvalue weighted by Gasteiger charge is -2.08. The van der Waals surface area contributed by atoms with Gasteiger partial charge in [-0.3, -0.25) is 0 Å². The molecule has 0 aliphatic rings. The molecule has 1 rings (SSSR count). The molecule has 9 heteroatoms. The second kappa shape index (κ2) is 5.34. The first-order chi connectivity index (χ1) is 8.40. The van der Waals surface area contributed by atoms with E-state index in [4.69, 9.17) is 0 Å². The van der Waals surface area contributed by atoms with Crippen LogP contribution >= 0.6 is 0 Å². The fourth-order valence-corrected chi connectivity index (χ4v) is 1.27. The normalized spacial score (nSPS) is 10.4. The predicted octanol–water partition coefficient (Wildman–Crippen LogP) is 1.81. The molecule has 1 aromatic heterocycles. The molecular weight excluding hydrogens is 254 g/mol. The van der Waals surface area contributed by atoms with E-state index in [1.54, 1.807) is 0 Å². The van der Waals surface area contributed by atoms with Crippen LogP contribution in [0.4, 0.5) is 14.6 Å². The van der Waals surface area contributed by atoms with Crippen molar-refractivity contribution in [2.75, 3.05) is 6.61 Å². The molecule has 98 valence electrons. The van der Waals surface area contributed by atoms with Gasteiger partial charge in [0.25, 0.3) is 6.43 Å². The number of aromatic nitrogens is 1. The van der Waals surface area contributed by atoms with Crippen molar-refractivity contribution < 1.29 is 28.3 Å². The lowest BCUT2D eigenvalue weighted by molar-refractivity contribution is -0.390. The molecule has 0 fully saturated rings. The number of aromatic hydroxyl groups is 1. The van der Waals surface area contributed by atoms with Crippen molar-refractivity contribution >= 4 is 11.8 Å². The molecule has 0 radical (unpaired) electrons. The van der Waals surface area contributed by atoms with Crippen LogP contribution in [0.1, 0.15) is 29.3 Å². The van der Waals surface area contributed by atoms with Crippen molar-refractivity contribution in [3.63, 3.8) is 0 Å². The van der Waals surface area contributed by atoms with Gasteiger partial charge < -0.3 is 20.0 Å². The second-order valence-corrected chi connectivity index (χ2v) is 3.03. The summed E-state index contributed by atoms with van der Waals surface area (Å²) in [7, 11) is 0. The quantitative estimate of drug-likeness (QED) is 0.504. The highest BCUT2D eigenvalue weighted by Crippen LogP contribution is 2.35. The number of hydrogen-bond acceptors (Lipinski definition) is 6. The number of nitrogens with zero attached hydrogens (tertiary/aromatic N) is 2. The van der Waals surface area contributed by atoms with E-state index in [9.17, 15) is 28.8 Å². The highest BCUT2D eigenvalue weighted by molar-refractivity contribution is 5.95. The molecule has 0 amide bonds. The van der Waals surface area contributed by atoms with Gasteiger partial charge >= 0.3 is 11.8 Å². The number of pyridine rings is 1. The summed E-state index contributed by atoms with van der Waals surface area (Å²) in [5.74, 6) is -3.41. The molecule has 18 heavy (non-hydrogen) atoms. The molecule has 0 bridgehead atoms. The Hall–Kier alpha value is -2.32. The van der Waals surface area contributed by atoms with Crippen molar-refractivity contribution in [3.05, 3.63) is 27.4 Å². The van der Waals surface area contributed by atoms with Gasteiger partial charge in [-0.1, -0.05) is 0 Å². The van der Waals surface area contributed by atoms with Gasteiger partial charge in [0.2, 0.25) is 0 Å². The molecule has 0 spiro atoms. The van der Waals surface area contributed by atoms with Crippen LogP contribution in [0, 0.1) is 10.1 Å². The summed E-state index contributed by atoms with van der Waals surface area (Å²) in [6.07, 6.45) is -2.78. The van der Waals surface area contributed by atoms with E-state index in [1.807, 2.05) is 0 Å². The van der Waals surface area contributed by atoms with Crippen molar-refractivity contribution in [1.29, 1.82) is 0 Å². The zero-order valence-corrected chi connectivity index (χ0v) is 9.09. The summed E-state index contributed by atoms with van der Waals surface area (Å²) in [6.45, 7) is 1.25. The molecule has 0 aliphatic heterocycles. The van der Waals surface area contributed by atoms with E-state index in [0.29, 0.717) is 6.20 Å². The Morgan fingerprint density at radius 2 is 2.28 bits per heavy atom. The molecule has 0 aromatic carbocycles. The number of ether oxygens (including phenoxy) is 1. The lowest BCUT2D eigenvalue weighted by atomic mass is 10.1. The maximum Gasteiger partial charge on any atom is 0.378 e. The second-order valence-electron chi connectivity index (χ2n) is 3.03. The Kier molecular flexibility index (Phi) is 4.08. The molecule has 0 atom stereocenters. The molecule has 1 heterocycles. The summed E-state index contributed by atoms with van der Waals surface area (Å²) in [5, 5.41) is 19.8. The summed E-state index contributed by atoms with van der Waals surface area (Å²) in [4.78, 5) is 24.1. The molecule has 0 saturated carbocycles. The third-order valence-electron chi connectivity index (χ3n) is 1.95. The van der Waals surface area contributed by atoms with Gasteiger partial charge in [0, 0.05) is 0 Å². The van der Waals surface area contributed by atoms with Crippen LogP contribution in [0.5, 0.6) is 5.75 Å². The van der Waals surface area contributed by atoms with Crippen LogP contribution in [-0.2, 0) is 4.74 Å². The Balaban J connectivity index is 3.53. The highest BCUT2D eigenvalue weighted by atomic mass is 19.3. The predicted molar refractivity (Wildman–Crippen MR) is 53.5 cm³/mol. The van der Waals surface area contributed by atoms with E-state index in [2.05, 4.69) is 9.72 Å². The Labute approximate surface area is 99.2 Å². The van der Waals surface area contributed by atoms with Crippen molar-refractivity contribution in [2.45, 2.75) is 13.3 Å². The van der Waals surface area contributed by atoms with Crippen LogP contribution in [0.2, 0.25) is 0 Å². The third kappa shape index (κ3) is 2.50. The van der Waals surface area contributed by atoms with Crippen LogP contribution in [0.25, 0.3) is 0 Å². The van der Waals surface area contributed by atoms with Gasteiger partial charge in [-0.05, 0) is 16.8 Å². The van der Waals surface area contributed by atoms with Gasteiger partial charge in [-0.15, -0.1) is 0 Å². The third-order valence-corrected chi connectivity index (χ3v) is 1.95. The largest absolute Gasteiger partial charge is 0.504 e. The number of rotatable bonds is 4. The summed E-state index contributed by atoms with van der Waals surface area (Å²) in [5.41, 5.74) is -2.19. The number of carbonyl (C=O) groups is 1. The topological polar surface area (TPSA) is 103 Å². The number of alkyl halides is 2. The average molecular weight is 262 g/mol. The van der Waals surface area contributed by atoms with E-state index in [-0.39, 0.29) is 6.61 Å². The van der Waals surface area contributed by atoms with Crippen molar-refractivity contribution in [1.82, 2.24) is 4.98 Å². The first kappa shape index (κ1) is 13.7. The zero-order valence-electron chi connectivity index (χ0n) is 9.09. The minimum atomic E-state index is -3.27. The van der Waals surface area contributed by atoms with Crippen LogP contribution < -0.4 is 0 Å². The number of halogens is 2. The number of nitro groups is 1. The first-order valence-corrected chi connectivity index (χ1v) is 4.71. The Morgan fingerprint density at radius 1 is 1.67 bits per heavy atom. The summed E-state index contributed by atoms with van der Waals surface area (Å²) in [6, 6.07) is 0. The lowest BCUT2D eigenvalue weighted by Crippen LogP contribution is -2.13. The Bertz CT molecular complexity index is 492. The van der Waals surface area contributed by atoms with Crippen LogP contribution in [0.15, 0.2) is 6.20 Å².